The van der Waals surface area contributed by atoms with Gasteiger partial charge in [-0.05, 0) is 116 Å². The first-order valence-corrected chi connectivity index (χ1v) is 30.6. The topological polar surface area (TPSA) is 413 Å². The van der Waals surface area contributed by atoms with Gasteiger partial charge in [0.15, 0.2) is 25.2 Å². The SMILES string of the molecule is CC1OC(OC2C(OC3COC(OC4CCC5(C)C(CCC6(C)C5CC=C5C7CC(C)(C)CCC7(C(=O)OC7OC(COC8OC(CO)C(O)C(O)C8O)C(O)C(O)C7O)CCC56C)C4(C)C)C(O)C3O)OC(CO)C(O)C2O)C(O)C(O)C1O. The van der Waals surface area contributed by atoms with E-state index >= 15 is 4.79 Å². The number of esters is 1. The summed E-state index contributed by atoms with van der Waals surface area (Å²) in [6.45, 7) is 15.0. The fraction of sp³-hybridized carbons (Fsp3) is 0.949. The van der Waals surface area contributed by atoms with E-state index in [-0.39, 0.29) is 46.0 Å². The van der Waals surface area contributed by atoms with Crippen LogP contribution >= 0.6 is 0 Å². The monoisotopic (exact) mass is 1220 g/mol. The molecule has 0 bridgehead atoms. The van der Waals surface area contributed by atoms with Crippen molar-refractivity contribution in [2.75, 3.05) is 26.4 Å². The molecule has 5 aliphatic heterocycles. The summed E-state index contributed by atoms with van der Waals surface area (Å²) < 4.78 is 59.3. The van der Waals surface area contributed by atoms with Crippen molar-refractivity contribution in [2.45, 2.75) is 273 Å². The summed E-state index contributed by atoms with van der Waals surface area (Å²) in [6, 6.07) is 0. The van der Waals surface area contributed by atoms with Gasteiger partial charge in [-0.2, -0.15) is 0 Å². The molecule has 488 valence electrons. The molecule has 0 spiro atoms. The molecule has 5 aliphatic carbocycles. The van der Waals surface area contributed by atoms with E-state index in [0.717, 1.165) is 32.1 Å². The van der Waals surface area contributed by atoms with Gasteiger partial charge in [-0.3, -0.25) is 4.79 Å². The molecule has 26 nitrogen and oxygen atoms in total. The number of hydrogen-bond acceptors (Lipinski definition) is 26. The Hall–Kier alpha value is -1.75. The molecular formula is C59H96O26. The number of aliphatic hydroxyl groups excluding tert-OH is 15. The molecule has 0 aromatic carbocycles. The average molecular weight is 1220 g/mol. The highest BCUT2D eigenvalue weighted by Crippen LogP contribution is 2.76. The molecular weight excluding hydrogens is 1120 g/mol. The minimum absolute atomic E-state index is 0.141. The number of fused-ring (bicyclic) bond motifs is 7. The van der Waals surface area contributed by atoms with Crippen LogP contribution in [0.15, 0.2) is 11.6 Å². The van der Waals surface area contributed by atoms with E-state index in [1.807, 2.05) is 0 Å². The van der Waals surface area contributed by atoms with E-state index in [9.17, 15) is 76.6 Å². The minimum Gasteiger partial charge on any atom is -0.432 e. The van der Waals surface area contributed by atoms with Gasteiger partial charge >= 0.3 is 5.97 Å². The third-order valence-electron chi connectivity index (χ3n) is 23.1. The first kappa shape index (κ1) is 66.2. The zero-order chi connectivity index (χ0) is 62.0. The lowest BCUT2D eigenvalue weighted by atomic mass is 9.33. The lowest BCUT2D eigenvalue weighted by Gasteiger charge is -2.71. The van der Waals surface area contributed by atoms with Gasteiger partial charge in [-0.25, -0.2) is 0 Å². The van der Waals surface area contributed by atoms with Gasteiger partial charge in [0, 0.05) is 0 Å². The predicted molar refractivity (Wildman–Crippen MR) is 288 cm³/mol. The lowest BCUT2D eigenvalue weighted by molar-refractivity contribution is -0.382. The van der Waals surface area contributed by atoms with Crippen LogP contribution < -0.4 is 0 Å². The Morgan fingerprint density at radius 3 is 1.80 bits per heavy atom. The second-order valence-electron chi connectivity index (χ2n) is 28.7. The van der Waals surface area contributed by atoms with Crippen molar-refractivity contribution < 1.29 is 129 Å². The van der Waals surface area contributed by atoms with Crippen molar-refractivity contribution in [1.29, 1.82) is 0 Å². The maximum Gasteiger partial charge on any atom is 0.315 e. The molecule has 0 radical (unpaired) electrons. The quantitative estimate of drug-likeness (QED) is 0.0513. The number of aliphatic hydroxyl groups is 15. The van der Waals surface area contributed by atoms with E-state index in [1.165, 1.54) is 12.5 Å². The van der Waals surface area contributed by atoms with Crippen LogP contribution in [0.4, 0.5) is 0 Å². The van der Waals surface area contributed by atoms with Crippen molar-refractivity contribution in [3.63, 3.8) is 0 Å². The number of carbonyl (C=O) groups excluding carboxylic acids is 1. The number of hydrogen-bond donors (Lipinski definition) is 15. The fourth-order valence-corrected chi connectivity index (χ4v) is 17.5. The number of carbonyl (C=O) groups is 1. The Labute approximate surface area is 494 Å². The van der Waals surface area contributed by atoms with Gasteiger partial charge in [-0.1, -0.05) is 60.1 Å². The standard InChI is InChI=1S/C59H96O26/c1-24-34(62)39(67)45(73)50(78-24)84-47-42(70)36(64)28(21-61)80-52(47)82-30-23-77-49(43(71)38(30)66)83-33-12-13-56(6)31(55(33,4)5)11-14-58(8)32(56)10-9-25-26-19-54(2,3)15-17-59(26,18-16-57(25,58)7)53(75)85-51-46(74)41(69)37(65)29(81-51)22-76-48-44(72)40(68)35(63)27(20-60)79-48/h9,24,26-52,60-74H,10-23H2,1-8H3. The van der Waals surface area contributed by atoms with Gasteiger partial charge in [-0.15, -0.1) is 0 Å². The molecule has 15 N–H and O–H groups in total. The van der Waals surface area contributed by atoms with Crippen molar-refractivity contribution in [3.05, 3.63) is 11.6 Å². The van der Waals surface area contributed by atoms with Gasteiger partial charge in [0.05, 0.1) is 44.1 Å². The lowest BCUT2D eigenvalue weighted by Crippen LogP contribution is -2.66. The molecule has 9 fully saturated rings. The minimum atomic E-state index is -1.84. The van der Waals surface area contributed by atoms with Crippen LogP contribution in [0.2, 0.25) is 0 Å². The predicted octanol–water partition coefficient (Wildman–Crippen LogP) is -2.54. The van der Waals surface area contributed by atoms with Crippen LogP contribution in [0.25, 0.3) is 0 Å². The van der Waals surface area contributed by atoms with Crippen molar-refractivity contribution in [3.8, 4) is 0 Å². The number of ether oxygens (including phenoxy) is 10. The third-order valence-corrected chi connectivity index (χ3v) is 23.1. The largest absolute Gasteiger partial charge is 0.432 e. The first-order valence-electron chi connectivity index (χ1n) is 30.6. The summed E-state index contributed by atoms with van der Waals surface area (Å²) in [5.74, 6) is -0.459. The molecule has 5 saturated heterocycles. The maximum atomic E-state index is 15.1. The van der Waals surface area contributed by atoms with E-state index in [0.29, 0.717) is 32.1 Å². The molecule has 10 aliphatic rings. The Morgan fingerprint density at radius 1 is 0.553 bits per heavy atom. The zero-order valence-corrected chi connectivity index (χ0v) is 49.8. The van der Waals surface area contributed by atoms with Gasteiger partial charge in [0.1, 0.15) is 110 Å². The summed E-state index contributed by atoms with van der Waals surface area (Å²) in [4.78, 5) is 15.1. The number of allylic oxidation sites excluding steroid dienone is 2. The summed E-state index contributed by atoms with van der Waals surface area (Å²) in [7, 11) is 0. The Bertz CT molecular complexity index is 2360. The maximum absolute atomic E-state index is 15.1. The molecule has 32 unspecified atom stereocenters. The van der Waals surface area contributed by atoms with Crippen LogP contribution in [0.1, 0.15) is 120 Å². The van der Waals surface area contributed by atoms with Gasteiger partial charge in [0.25, 0.3) is 0 Å². The van der Waals surface area contributed by atoms with E-state index in [4.69, 9.17) is 47.4 Å². The van der Waals surface area contributed by atoms with Crippen molar-refractivity contribution >= 4 is 5.97 Å². The number of rotatable bonds is 13. The Balaban J connectivity index is 0.811. The highest BCUT2D eigenvalue weighted by atomic mass is 16.8. The Morgan fingerprint density at radius 2 is 1.13 bits per heavy atom. The zero-order valence-electron chi connectivity index (χ0n) is 49.8. The van der Waals surface area contributed by atoms with E-state index in [2.05, 4.69) is 54.5 Å². The molecule has 85 heavy (non-hydrogen) atoms. The Kier molecular flexibility index (Phi) is 19.0. The van der Waals surface area contributed by atoms with Crippen LogP contribution in [0.5, 0.6) is 0 Å². The van der Waals surface area contributed by atoms with Crippen molar-refractivity contribution in [2.24, 2.45) is 50.2 Å². The first-order chi connectivity index (χ1) is 39.8. The van der Waals surface area contributed by atoms with Crippen LogP contribution in [-0.2, 0) is 52.2 Å². The van der Waals surface area contributed by atoms with Crippen LogP contribution in [0, 0.1) is 50.2 Å². The molecule has 32 atom stereocenters. The molecule has 0 amide bonds. The summed E-state index contributed by atoms with van der Waals surface area (Å²) >= 11 is 0. The summed E-state index contributed by atoms with van der Waals surface area (Å²) in [6.07, 6.45) is -29.3. The fourth-order valence-electron chi connectivity index (χ4n) is 17.5. The van der Waals surface area contributed by atoms with E-state index in [1.54, 1.807) is 0 Å². The second-order valence-corrected chi connectivity index (χ2v) is 28.7. The molecule has 0 aromatic heterocycles. The van der Waals surface area contributed by atoms with Gasteiger partial charge in [0.2, 0.25) is 6.29 Å². The van der Waals surface area contributed by atoms with Crippen LogP contribution in [-0.4, -0.2) is 263 Å². The molecule has 26 heteroatoms. The van der Waals surface area contributed by atoms with Gasteiger partial charge < -0.3 is 124 Å². The normalized spacial score (nSPS) is 54.1. The molecule has 10 rings (SSSR count). The second kappa shape index (κ2) is 24.4. The molecule has 0 aromatic rings. The smallest absolute Gasteiger partial charge is 0.315 e. The highest BCUT2D eigenvalue weighted by Gasteiger charge is 2.70. The third kappa shape index (κ3) is 11.2. The average Bonchev–Trinajstić information content (AvgIpc) is 0.683. The van der Waals surface area contributed by atoms with Crippen LogP contribution in [0.3, 0.4) is 0 Å². The summed E-state index contributed by atoms with van der Waals surface area (Å²) in [5, 5.41) is 161. The van der Waals surface area contributed by atoms with Crippen molar-refractivity contribution in [1.82, 2.24) is 0 Å². The highest BCUT2D eigenvalue weighted by molar-refractivity contribution is 5.79. The van der Waals surface area contributed by atoms with E-state index < -0.39 is 190 Å². The summed E-state index contributed by atoms with van der Waals surface area (Å²) in [5.41, 5.74) is -1.14. The molecule has 5 heterocycles. The molecule has 4 saturated carbocycles.